The van der Waals surface area contributed by atoms with Gasteiger partial charge in [0, 0.05) is 13.0 Å². The molecule has 1 heterocycles. The Morgan fingerprint density at radius 3 is 1.93 bits per heavy atom. The lowest BCUT2D eigenvalue weighted by Crippen LogP contribution is -2.59. The molecule has 17 nitrogen and oxygen atoms in total. The van der Waals surface area contributed by atoms with Crippen LogP contribution < -0.4 is 38.5 Å². The Balaban J connectivity index is 3.08. The molecular weight excluding hydrogens is 632 g/mol. The van der Waals surface area contributed by atoms with Gasteiger partial charge in [-0.05, 0) is 56.1 Å². The maximum absolute atomic E-state index is 13.5. The first kappa shape index (κ1) is 39.4. The molecule has 0 radical (unpaired) electrons. The summed E-state index contributed by atoms with van der Waals surface area (Å²) in [6.45, 7) is -0.503. The second kappa shape index (κ2) is 20.5. The minimum absolute atomic E-state index is 0.0910. The fraction of sp³-hybridized carbons (Fsp3) is 0.692. The number of aliphatic carboxylic acids is 1. The largest absolute Gasteiger partial charge is 0.480 e. The zero-order chi connectivity index (χ0) is 34.1. The Bertz CT molecular complexity index is 1100. The molecule has 19 heteroatoms. The SMILES string of the molecule is CSCC[C@H](NC(=O)[C@H](CCSC)NC(=O)[C@@H]1CCCN1C(=O)[C@H](CC(N)=O)NC(=O)[C@@H](N)CCC(N)=O)C(=O)NCC(=O)O. The molecule has 1 saturated heterocycles. The predicted molar refractivity (Wildman–Crippen MR) is 167 cm³/mol. The number of nitrogens with zero attached hydrogens (tertiary/aromatic N) is 1. The van der Waals surface area contributed by atoms with Crippen molar-refractivity contribution in [1.29, 1.82) is 0 Å². The monoisotopic (exact) mass is 676 g/mol. The van der Waals surface area contributed by atoms with Gasteiger partial charge in [-0.3, -0.25) is 38.4 Å². The van der Waals surface area contributed by atoms with Gasteiger partial charge in [0.15, 0.2) is 0 Å². The number of primary amides is 2. The van der Waals surface area contributed by atoms with Crippen LogP contribution in [0.5, 0.6) is 0 Å². The van der Waals surface area contributed by atoms with E-state index in [1.807, 2.05) is 12.5 Å². The van der Waals surface area contributed by atoms with Gasteiger partial charge in [0.05, 0.1) is 12.5 Å². The van der Waals surface area contributed by atoms with Gasteiger partial charge in [0.2, 0.25) is 41.4 Å². The molecule has 0 bridgehead atoms. The van der Waals surface area contributed by atoms with Crippen LogP contribution in [-0.2, 0) is 38.4 Å². The first-order valence-corrected chi connectivity index (χ1v) is 17.0. The molecular formula is C26H44N8O9S2. The topological polar surface area (TPSA) is 286 Å². The molecule has 0 saturated carbocycles. The normalized spacial score (nSPS) is 16.9. The number of carbonyl (C=O) groups excluding carboxylic acids is 7. The number of rotatable bonds is 21. The lowest BCUT2D eigenvalue weighted by Gasteiger charge is -2.30. The van der Waals surface area contributed by atoms with Crippen LogP contribution in [0.4, 0.5) is 0 Å². The van der Waals surface area contributed by atoms with E-state index < -0.39 is 90.5 Å². The van der Waals surface area contributed by atoms with E-state index in [1.165, 1.54) is 28.4 Å². The molecule has 5 atom stereocenters. The molecule has 0 spiro atoms. The van der Waals surface area contributed by atoms with Crippen molar-refractivity contribution >= 4 is 70.8 Å². The minimum Gasteiger partial charge on any atom is -0.480 e. The van der Waals surface area contributed by atoms with E-state index in [9.17, 15) is 38.4 Å². The zero-order valence-corrected chi connectivity index (χ0v) is 27.0. The van der Waals surface area contributed by atoms with Gasteiger partial charge < -0.3 is 48.5 Å². The van der Waals surface area contributed by atoms with Crippen LogP contribution in [0.15, 0.2) is 0 Å². The first-order chi connectivity index (χ1) is 21.2. The fourth-order valence-electron chi connectivity index (χ4n) is 4.45. The second-order valence-electron chi connectivity index (χ2n) is 10.3. The molecule has 254 valence electrons. The number of nitrogens with two attached hydrogens (primary N) is 3. The van der Waals surface area contributed by atoms with E-state index in [0.717, 1.165) is 0 Å². The number of carboxylic acid groups (broad SMARTS) is 1. The van der Waals surface area contributed by atoms with Crippen molar-refractivity contribution in [2.75, 3.05) is 37.1 Å². The second-order valence-corrected chi connectivity index (χ2v) is 12.3. The molecule has 45 heavy (non-hydrogen) atoms. The van der Waals surface area contributed by atoms with Gasteiger partial charge in [-0.15, -0.1) is 0 Å². The molecule has 0 aromatic heterocycles. The lowest BCUT2D eigenvalue weighted by molar-refractivity contribution is -0.143. The first-order valence-electron chi connectivity index (χ1n) is 14.2. The maximum Gasteiger partial charge on any atom is 0.322 e. The Morgan fingerprint density at radius 1 is 0.822 bits per heavy atom. The van der Waals surface area contributed by atoms with E-state index in [-0.39, 0.29) is 38.6 Å². The highest BCUT2D eigenvalue weighted by molar-refractivity contribution is 7.98. The van der Waals surface area contributed by atoms with Crippen LogP contribution in [0.2, 0.25) is 0 Å². The maximum atomic E-state index is 13.5. The van der Waals surface area contributed by atoms with Gasteiger partial charge in [0.25, 0.3) is 0 Å². The summed E-state index contributed by atoms with van der Waals surface area (Å²) < 4.78 is 0. The highest BCUT2D eigenvalue weighted by Gasteiger charge is 2.40. The van der Waals surface area contributed by atoms with Crippen LogP contribution in [0.3, 0.4) is 0 Å². The van der Waals surface area contributed by atoms with Gasteiger partial charge in [-0.1, -0.05) is 0 Å². The molecule has 0 unspecified atom stereocenters. The number of hydrogen-bond donors (Lipinski definition) is 8. The van der Waals surface area contributed by atoms with Crippen LogP contribution in [0.25, 0.3) is 0 Å². The van der Waals surface area contributed by atoms with Crippen molar-refractivity contribution < 1.29 is 43.5 Å². The van der Waals surface area contributed by atoms with Crippen LogP contribution in [-0.4, -0.2) is 125 Å². The standard InChI is InChI=1S/C26H44N8O9S2/c1-44-10-7-15(23(40)30-13-21(37)38)31-24(41)16(8-11-45-2)32-25(42)18-4-3-9-34(18)26(43)17(12-20(29)36)33-22(39)14(27)5-6-19(28)35/h14-18H,3-13,27H2,1-2H3,(H2,28,35)(H2,29,36)(H,30,40)(H,31,41)(H,32,42)(H,33,39)(H,37,38)/t14-,15-,16-,17-,18-/m0/s1. The average Bonchev–Trinajstić information content (AvgIpc) is 3.47. The molecule has 1 aliphatic rings. The highest BCUT2D eigenvalue weighted by Crippen LogP contribution is 2.20. The number of amides is 7. The molecule has 0 aromatic rings. The summed E-state index contributed by atoms with van der Waals surface area (Å²) in [7, 11) is 0. The highest BCUT2D eigenvalue weighted by atomic mass is 32.2. The predicted octanol–water partition coefficient (Wildman–Crippen LogP) is -3.39. The smallest absolute Gasteiger partial charge is 0.322 e. The van der Waals surface area contributed by atoms with E-state index in [1.54, 1.807) is 0 Å². The average molecular weight is 677 g/mol. The van der Waals surface area contributed by atoms with E-state index in [2.05, 4.69) is 21.3 Å². The summed E-state index contributed by atoms with van der Waals surface area (Å²) in [5, 5.41) is 18.8. The summed E-state index contributed by atoms with van der Waals surface area (Å²) in [6, 6.07) is -5.80. The lowest BCUT2D eigenvalue weighted by atomic mass is 10.1. The number of likely N-dealkylation sites (tertiary alicyclic amines) is 1. The summed E-state index contributed by atoms with van der Waals surface area (Å²) in [5.41, 5.74) is 16.2. The van der Waals surface area contributed by atoms with Crippen LogP contribution >= 0.6 is 23.5 Å². The van der Waals surface area contributed by atoms with E-state index in [4.69, 9.17) is 22.3 Å². The fourth-order valence-corrected chi connectivity index (χ4v) is 5.39. The number of hydrogen-bond acceptors (Lipinski definition) is 11. The summed E-state index contributed by atoms with van der Waals surface area (Å²) in [4.78, 5) is 100. The molecule has 11 N–H and O–H groups in total. The Morgan fingerprint density at radius 2 is 1.40 bits per heavy atom. The van der Waals surface area contributed by atoms with Gasteiger partial charge in [-0.25, -0.2) is 0 Å². The Hall–Kier alpha value is -3.58. The van der Waals surface area contributed by atoms with Crippen molar-refractivity contribution in [3.8, 4) is 0 Å². The Kier molecular flexibility index (Phi) is 17.9. The Labute approximate surface area is 269 Å². The van der Waals surface area contributed by atoms with Crippen LogP contribution in [0, 0.1) is 0 Å². The third kappa shape index (κ3) is 14.4. The summed E-state index contributed by atoms with van der Waals surface area (Å²) in [5.74, 6) is -5.41. The van der Waals surface area contributed by atoms with Crippen molar-refractivity contribution in [3.63, 3.8) is 0 Å². The molecule has 7 amide bonds. The van der Waals surface area contributed by atoms with Gasteiger partial charge >= 0.3 is 5.97 Å². The number of carbonyl (C=O) groups is 8. The summed E-state index contributed by atoms with van der Waals surface area (Å²) in [6.07, 6.45) is 3.84. The van der Waals surface area contributed by atoms with Gasteiger partial charge in [-0.2, -0.15) is 23.5 Å². The molecule has 1 aliphatic heterocycles. The summed E-state index contributed by atoms with van der Waals surface area (Å²) >= 11 is 2.85. The molecule has 1 rings (SSSR count). The van der Waals surface area contributed by atoms with E-state index >= 15 is 0 Å². The third-order valence-corrected chi connectivity index (χ3v) is 8.09. The minimum atomic E-state index is -1.43. The number of nitrogens with one attached hydrogen (secondary N) is 4. The quantitative estimate of drug-likeness (QED) is 0.0591. The number of carboxylic acids is 1. The third-order valence-electron chi connectivity index (χ3n) is 6.80. The van der Waals surface area contributed by atoms with Crippen molar-refractivity contribution in [2.45, 2.75) is 75.2 Å². The van der Waals surface area contributed by atoms with Crippen molar-refractivity contribution in [2.24, 2.45) is 17.2 Å². The van der Waals surface area contributed by atoms with Crippen LogP contribution in [0.1, 0.15) is 44.9 Å². The number of thioether (sulfide) groups is 2. The molecule has 0 aliphatic carbocycles. The van der Waals surface area contributed by atoms with Crippen molar-refractivity contribution in [1.82, 2.24) is 26.2 Å². The van der Waals surface area contributed by atoms with E-state index in [0.29, 0.717) is 17.9 Å². The molecule has 1 fully saturated rings. The van der Waals surface area contributed by atoms with Gasteiger partial charge in [0.1, 0.15) is 30.7 Å². The van der Waals surface area contributed by atoms with Crippen molar-refractivity contribution in [3.05, 3.63) is 0 Å². The molecule has 0 aromatic carbocycles. The zero-order valence-electron chi connectivity index (χ0n) is 25.4.